The molecule has 3 aromatic rings. The fraction of sp³-hybridized carbons (Fsp3) is 0.310. The highest BCUT2D eigenvalue weighted by Gasteiger charge is 2.29. The summed E-state index contributed by atoms with van der Waals surface area (Å²) in [5.74, 6) is -0.871. The Balaban J connectivity index is 0.000000303. The van der Waals surface area contributed by atoms with Crippen LogP contribution >= 0.6 is 0 Å². The second-order valence-corrected chi connectivity index (χ2v) is 9.63. The molecule has 0 aliphatic carbocycles. The molecule has 0 atom stereocenters. The predicted molar refractivity (Wildman–Crippen MR) is 137 cm³/mol. The highest BCUT2D eigenvalue weighted by Crippen LogP contribution is 2.43. The molecule has 0 spiro atoms. The van der Waals surface area contributed by atoms with Crippen LogP contribution in [0.3, 0.4) is 0 Å². The molecule has 4 N–H and O–H groups in total. The summed E-state index contributed by atoms with van der Waals surface area (Å²) < 4.78 is 0. The van der Waals surface area contributed by atoms with E-state index in [1.54, 1.807) is 12.1 Å². The molecule has 0 amide bonds. The van der Waals surface area contributed by atoms with E-state index in [1.807, 2.05) is 24.3 Å². The summed E-state index contributed by atoms with van der Waals surface area (Å²) in [6.07, 6.45) is 0. The molecular weight excluding hydrogens is 444 g/mol. The number of aromatic hydroxyl groups is 2. The topological polar surface area (TPSA) is 115 Å². The van der Waals surface area contributed by atoms with Gasteiger partial charge >= 0.3 is 11.9 Å². The second kappa shape index (κ2) is 11.1. The Labute approximate surface area is 206 Å². The van der Waals surface area contributed by atoms with E-state index in [-0.39, 0.29) is 28.2 Å². The largest absolute Gasteiger partial charge is 0.508 e. The number of aromatic carboxylic acids is 2. The molecule has 186 valence electrons. The van der Waals surface area contributed by atoms with Crippen molar-refractivity contribution in [3.63, 3.8) is 0 Å². The van der Waals surface area contributed by atoms with Gasteiger partial charge in [-0.1, -0.05) is 59.7 Å². The van der Waals surface area contributed by atoms with Crippen molar-refractivity contribution in [2.75, 3.05) is 0 Å². The number of phenols is 2. The Morgan fingerprint density at radius 1 is 0.657 bits per heavy atom. The van der Waals surface area contributed by atoms with Gasteiger partial charge in [0, 0.05) is 11.0 Å². The Hall–Kier alpha value is -3.80. The van der Waals surface area contributed by atoms with E-state index in [0.29, 0.717) is 11.7 Å². The Kier molecular flexibility index (Phi) is 8.69. The summed E-state index contributed by atoms with van der Waals surface area (Å²) in [6.45, 7) is 13.0. The first-order valence-electron chi connectivity index (χ1n) is 11.5. The van der Waals surface area contributed by atoms with E-state index in [1.165, 1.54) is 35.4 Å². The van der Waals surface area contributed by atoms with Crippen LogP contribution in [0.4, 0.5) is 0 Å². The number of phenolic OH excluding ortho intramolecular Hbond substituents is 2. The van der Waals surface area contributed by atoms with Crippen LogP contribution in [0.25, 0.3) is 0 Å². The van der Waals surface area contributed by atoms with Gasteiger partial charge in [-0.2, -0.15) is 0 Å². The van der Waals surface area contributed by atoms with Crippen LogP contribution in [0.5, 0.6) is 11.5 Å². The first-order chi connectivity index (χ1) is 16.3. The zero-order chi connectivity index (χ0) is 26.5. The molecule has 0 aromatic heterocycles. The zero-order valence-corrected chi connectivity index (χ0v) is 21.0. The molecule has 0 fully saturated rings. The molecule has 3 aromatic carbocycles. The van der Waals surface area contributed by atoms with Crippen LogP contribution in [-0.2, 0) is 5.41 Å². The monoisotopic (exact) mass is 478 g/mol. The molecule has 0 bridgehead atoms. The number of rotatable bonds is 6. The molecular formula is C29H34O6. The molecule has 0 unspecified atom stereocenters. The van der Waals surface area contributed by atoms with Gasteiger partial charge in [0.2, 0.25) is 0 Å². The van der Waals surface area contributed by atoms with E-state index in [9.17, 15) is 19.8 Å². The van der Waals surface area contributed by atoms with Crippen LogP contribution in [0.1, 0.15) is 96.3 Å². The SMILES string of the molecule is CC(C)c1c(O)ccc(C(C)(C)c2ccc(O)cc2)c1C(C)C.O=C(O)c1ccc(C(=O)O)cc1. The molecule has 0 heterocycles. The summed E-state index contributed by atoms with van der Waals surface area (Å²) in [5.41, 5.74) is 4.63. The fourth-order valence-electron chi connectivity index (χ4n) is 4.19. The van der Waals surface area contributed by atoms with Crippen LogP contribution in [0.2, 0.25) is 0 Å². The highest BCUT2D eigenvalue weighted by molar-refractivity contribution is 5.91. The lowest BCUT2D eigenvalue weighted by Crippen LogP contribution is -2.22. The maximum Gasteiger partial charge on any atom is 0.335 e. The molecule has 6 heteroatoms. The van der Waals surface area contributed by atoms with Gasteiger partial charge in [-0.25, -0.2) is 9.59 Å². The summed E-state index contributed by atoms with van der Waals surface area (Å²) in [6, 6.07) is 16.3. The van der Waals surface area contributed by atoms with Gasteiger partial charge in [-0.15, -0.1) is 0 Å². The third kappa shape index (κ3) is 6.41. The molecule has 6 nitrogen and oxygen atoms in total. The number of hydrogen-bond acceptors (Lipinski definition) is 4. The van der Waals surface area contributed by atoms with Gasteiger partial charge in [-0.05, 0) is 71.0 Å². The minimum absolute atomic E-state index is 0.0833. The lowest BCUT2D eigenvalue weighted by molar-refractivity contribution is 0.0681. The van der Waals surface area contributed by atoms with E-state index in [4.69, 9.17) is 10.2 Å². The number of carboxylic acids is 2. The molecule has 0 saturated carbocycles. The Morgan fingerprint density at radius 3 is 1.46 bits per heavy atom. The molecule has 0 aliphatic rings. The first-order valence-corrected chi connectivity index (χ1v) is 11.5. The van der Waals surface area contributed by atoms with Crippen LogP contribution < -0.4 is 0 Å². The van der Waals surface area contributed by atoms with Crippen molar-refractivity contribution in [1.82, 2.24) is 0 Å². The van der Waals surface area contributed by atoms with Crippen molar-refractivity contribution >= 4 is 11.9 Å². The van der Waals surface area contributed by atoms with Crippen molar-refractivity contribution < 1.29 is 30.0 Å². The first kappa shape index (κ1) is 27.4. The standard InChI is InChI=1S/C21H28O2.C8H6O4/c1-13(2)19-17(11-12-18(23)20(19)14(3)4)21(5,6)15-7-9-16(22)10-8-15;9-7(10)5-1-2-6(4-3-5)8(11)12/h7-14,22-23H,1-6H3;1-4H,(H,9,10)(H,11,12). The van der Waals surface area contributed by atoms with E-state index in [2.05, 4.69) is 41.5 Å². The van der Waals surface area contributed by atoms with Crippen LogP contribution in [-0.4, -0.2) is 32.4 Å². The molecule has 0 radical (unpaired) electrons. The van der Waals surface area contributed by atoms with Crippen molar-refractivity contribution in [3.05, 3.63) is 94.0 Å². The van der Waals surface area contributed by atoms with E-state index < -0.39 is 11.9 Å². The lowest BCUT2D eigenvalue weighted by atomic mass is 9.72. The van der Waals surface area contributed by atoms with Crippen molar-refractivity contribution in [3.8, 4) is 11.5 Å². The van der Waals surface area contributed by atoms with E-state index >= 15 is 0 Å². The van der Waals surface area contributed by atoms with Crippen molar-refractivity contribution in [2.24, 2.45) is 0 Å². The van der Waals surface area contributed by atoms with Gasteiger partial charge in [0.25, 0.3) is 0 Å². The third-order valence-electron chi connectivity index (χ3n) is 6.06. The van der Waals surface area contributed by atoms with E-state index in [0.717, 1.165) is 11.1 Å². The Bertz CT molecular complexity index is 1140. The summed E-state index contributed by atoms with van der Waals surface area (Å²) >= 11 is 0. The predicted octanol–water partition coefficient (Wildman–Crippen LogP) is 6.75. The molecule has 35 heavy (non-hydrogen) atoms. The number of hydrogen-bond donors (Lipinski definition) is 4. The number of carbonyl (C=O) groups is 2. The third-order valence-corrected chi connectivity index (χ3v) is 6.06. The maximum absolute atomic E-state index is 10.4. The number of carboxylic acid groups (broad SMARTS) is 2. The average molecular weight is 479 g/mol. The summed E-state index contributed by atoms with van der Waals surface area (Å²) in [7, 11) is 0. The normalized spacial score (nSPS) is 11.2. The summed E-state index contributed by atoms with van der Waals surface area (Å²) in [4.78, 5) is 20.7. The highest BCUT2D eigenvalue weighted by atomic mass is 16.4. The average Bonchev–Trinajstić information content (AvgIpc) is 2.79. The van der Waals surface area contributed by atoms with Gasteiger partial charge < -0.3 is 20.4 Å². The second-order valence-electron chi connectivity index (χ2n) is 9.63. The number of benzene rings is 3. The van der Waals surface area contributed by atoms with Gasteiger partial charge in [0.05, 0.1) is 11.1 Å². The zero-order valence-electron chi connectivity index (χ0n) is 21.0. The van der Waals surface area contributed by atoms with Gasteiger partial charge in [0.15, 0.2) is 0 Å². The maximum atomic E-state index is 10.4. The van der Waals surface area contributed by atoms with Crippen molar-refractivity contribution in [2.45, 2.75) is 58.8 Å². The minimum Gasteiger partial charge on any atom is -0.508 e. The lowest BCUT2D eigenvalue weighted by Gasteiger charge is -2.32. The van der Waals surface area contributed by atoms with Crippen LogP contribution in [0, 0.1) is 0 Å². The van der Waals surface area contributed by atoms with Crippen molar-refractivity contribution in [1.29, 1.82) is 0 Å². The Morgan fingerprint density at radius 2 is 1.09 bits per heavy atom. The fourth-order valence-corrected chi connectivity index (χ4v) is 4.19. The molecule has 3 rings (SSSR count). The quantitative estimate of drug-likeness (QED) is 0.311. The van der Waals surface area contributed by atoms with Gasteiger partial charge in [0.1, 0.15) is 11.5 Å². The van der Waals surface area contributed by atoms with Gasteiger partial charge in [-0.3, -0.25) is 0 Å². The molecule has 0 aliphatic heterocycles. The van der Waals surface area contributed by atoms with Crippen LogP contribution in [0.15, 0.2) is 60.7 Å². The molecule has 0 saturated heterocycles. The summed E-state index contributed by atoms with van der Waals surface area (Å²) in [5, 5.41) is 36.9. The minimum atomic E-state index is -1.06. The smallest absolute Gasteiger partial charge is 0.335 e.